The summed E-state index contributed by atoms with van der Waals surface area (Å²) >= 11 is 2.72. The van der Waals surface area contributed by atoms with Crippen molar-refractivity contribution in [1.29, 1.82) is 0 Å². The lowest BCUT2D eigenvalue weighted by atomic mass is 10.3. The molecule has 126 valence electrons. The summed E-state index contributed by atoms with van der Waals surface area (Å²) in [7, 11) is -1.68. The van der Waals surface area contributed by atoms with Crippen molar-refractivity contribution >= 4 is 38.8 Å². The minimum Gasteiger partial charge on any atom is -0.329 e. The smallest absolute Gasteiger partial charge is 0.271 e. The molecule has 8 heteroatoms. The zero-order chi connectivity index (χ0) is 17.2. The fourth-order valence-electron chi connectivity index (χ4n) is 2.08. The van der Waals surface area contributed by atoms with Crippen molar-refractivity contribution < 1.29 is 8.42 Å². The standard InChI is InChI=1S/C16H17N3O2S3/c1-3-12-8-9-15(22-12)24(20,21)18-13-6-4-5-7-14(13)23-16-17-10-11-19(16)2/h4-11,18H,3H2,1-2H3. The SMILES string of the molecule is CCc1ccc(S(=O)(=O)Nc2ccccc2Sc2nccn2C)s1. The Labute approximate surface area is 149 Å². The van der Waals surface area contributed by atoms with E-state index in [4.69, 9.17) is 0 Å². The monoisotopic (exact) mass is 379 g/mol. The maximum Gasteiger partial charge on any atom is 0.271 e. The highest BCUT2D eigenvalue weighted by molar-refractivity contribution is 7.99. The molecule has 1 N–H and O–H groups in total. The number of aryl methyl sites for hydroxylation is 2. The van der Waals surface area contributed by atoms with Crippen molar-refractivity contribution in [2.75, 3.05) is 4.72 Å². The van der Waals surface area contributed by atoms with Gasteiger partial charge in [-0.3, -0.25) is 4.72 Å². The Morgan fingerprint density at radius 3 is 2.71 bits per heavy atom. The van der Waals surface area contributed by atoms with Crippen molar-refractivity contribution in [2.45, 2.75) is 27.6 Å². The molecule has 0 spiro atoms. The van der Waals surface area contributed by atoms with Gasteiger partial charge in [-0.15, -0.1) is 11.3 Å². The molecule has 2 heterocycles. The van der Waals surface area contributed by atoms with Crippen LogP contribution in [-0.4, -0.2) is 18.0 Å². The molecule has 0 radical (unpaired) electrons. The molecule has 0 fully saturated rings. The van der Waals surface area contributed by atoms with Crippen molar-refractivity contribution in [2.24, 2.45) is 7.05 Å². The molecule has 0 unspecified atom stereocenters. The number of rotatable bonds is 6. The molecule has 0 atom stereocenters. The Morgan fingerprint density at radius 2 is 2.04 bits per heavy atom. The molecule has 0 aliphatic heterocycles. The van der Waals surface area contributed by atoms with Gasteiger partial charge >= 0.3 is 0 Å². The summed E-state index contributed by atoms with van der Waals surface area (Å²) in [5, 5.41) is 0.797. The van der Waals surface area contributed by atoms with Gasteiger partial charge in [-0.2, -0.15) is 0 Å². The van der Waals surface area contributed by atoms with E-state index in [1.807, 2.05) is 49.0 Å². The second kappa shape index (κ2) is 7.00. The van der Waals surface area contributed by atoms with Crippen LogP contribution in [0.25, 0.3) is 0 Å². The van der Waals surface area contributed by atoms with Gasteiger partial charge in [0.15, 0.2) is 5.16 Å². The van der Waals surface area contributed by atoms with E-state index in [-0.39, 0.29) is 0 Å². The Balaban J connectivity index is 1.88. The van der Waals surface area contributed by atoms with E-state index in [2.05, 4.69) is 9.71 Å². The van der Waals surface area contributed by atoms with E-state index in [0.29, 0.717) is 9.90 Å². The number of imidazole rings is 1. The summed E-state index contributed by atoms with van der Waals surface area (Å²) in [6.07, 6.45) is 4.39. The van der Waals surface area contributed by atoms with Gasteiger partial charge in [-0.1, -0.05) is 19.1 Å². The van der Waals surface area contributed by atoms with Crippen molar-refractivity contribution in [1.82, 2.24) is 9.55 Å². The Kier molecular flexibility index (Phi) is 4.98. The number of anilines is 1. The highest BCUT2D eigenvalue weighted by atomic mass is 32.2. The molecule has 3 aromatic rings. The van der Waals surface area contributed by atoms with Gasteiger partial charge in [0.2, 0.25) is 0 Å². The van der Waals surface area contributed by atoms with E-state index < -0.39 is 10.0 Å². The Bertz CT molecular complexity index is 945. The van der Waals surface area contributed by atoms with E-state index >= 15 is 0 Å². The van der Waals surface area contributed by atoms with Crippen molar-refractivity contribution in [3.63, 3.8) is 0 Å². The Morgan fingerprint density at radius 1 is 1.25 bits per heavy atom. The average Bonchev–Trinajstić information content (AvgIpc) is 3.19. The van der Waals surface area contributed by atoms with Crippen LogP contribution >= 0.6 is 23.1 Å². The van der Waals surface area contributed by atoms with Gasteiger partial charge in [0.05, 0.1) is 5.69 Å². The fourth-order valence-corrected chi connectivity index (χ4v) is 5.41. The third kappa shape index (κ3) is 3.66. The number of sulfonamides is 1. The van der Waals surface area contributed by atoms with E-state index in [9.17, 15) is 8.42 Å². The van der Waals surface area contributed by atoms with Crippen LogP contribution in [0.15, 0.2) is 63.1 Å². The number of nitrogens with zero attached hydrogens (tertiary/aromatic N) is 2. The van der Waals surface area contributed by atoms with Crippen molar-refractivity contribution in [3.8, 4) is 0 Å². The molecule has 3 rings (SSSR count). The van der Waals surface area contributed by atoms with Crippen LogP contribution in [-0.2, 0) is 23.5 Å². The lowest BCUT2D eigenvalue weighted by Gasteiger charge is -2.11. The molecular formula is C16H17N3O2S3. The number of hydrogen-bond acceptors (Lipinski definition) is 5. The summed E-state index contributed by atoms with van der Waals surface area (Å²) in [5.41, 5.74) is 0.553. The van der Waals surface area contributed by atoms with Crippen molar-refractivity contribution in [3.05, 3.63) is 53.7 Å². The lowest BCUT2D eigenvalue weighted by molar-refractivity contribution is 0.603. The predicted octanol–water partition coefficient (Wildman–Crippen LogP) is 4.00. The van der Waals surface area contributed by atoms with Gasteiger partial charge in [-0.25, -0.2) is 13.4 Å². The number of thiophene rings is 1. The van der Waals surface area contributed by atoms with Crippen LogP contribution in [0, 0.1) is 0 Å². The minimum atomic E-state index is -3.59. The summed E-state index contributed by atoms with van der Waals surface area (Å²) < 4.78 is 30.2. The molecule has 5 nitrogen and oxygen atoms in total. The molecular weight excluding hydrogens is 362 g/mol. The van der Waals surface area contributed by atoms with Gasteiger partial charge in [0.1, 0.15) is 4.21 Å². The zero-order valence-electron chi connectivity index (χ0n) is 13.3. The maximum absolute atomic E-state index is 12.6. The van der Waals surface area contributed by atoms with Gasteiger partial charge in [0.25, 0.3) is 10.0 Å². The third-order valence-electron chi connectivity index (χ3n) is 3.36. The number of para-hydroxylation sites is 1. The summed E-state index contributed by atoms with van der Waals surface area (Å²) in [5.74, 6) is 0. The van der Waals surface area contributed by atoms with Crippen LogP contribution in [0.5, 0.6) is 0 Å². The van der Waals surface area contributed by atoms with Crippen LogP contribution in [0.3, 0.4) is 0 Å². The van der Waals surface area contributed by atoms with Gasteiger partial charge in [-0.05, 0) is 42.4 Å². The zero-order valence-corrected chi connectivity index (χ0v) is 15.7. The van der Waals surface area contributed by atoms with E-state index in [1.165, 1.54) is 23.1 Å². The highest BCUT2D eigenvalue weighted by Crippen LogP contribution is 2.34. The maximum atomic E-state index is 12.6. The van der Waals surface area contributed by atoms with E-state index in [1.54, 1.807) is 18.3 Å². The van der Waals surface area contributed by atoms with Crippen LogP contribution in [0.1, 0.15) is 11.8 Å². The normalized spacial score (nSPS) is 11.6. The first-order valence-electron chi connectivity index (χ1n) is 7.35. The van der Waals surface area contributed by atoms with Crippen LogP contribution < -0.4 is 4.72 Å². The molecule has 0 aliphatic carbocycles. The second-order valence-electron chi connectivity index (χ2n) is 5.10. The average molecular weight is 380 g/mol. The number of aromatic nitrogens is 2. The quantitative estimate of drug-likeness (QED) is 0.703. The number of nitrogens with one attached hydrogen (secondary N) is 1. The first-order chi connectivity index (χ1) is 11.5. The molecule has 24 heavy (non-hydrogen) atoms. The molecule has 2 aromatic heterocycles. The summed E-state index contributed by atoms with van der Waals surface area (Å²) in [6.45, 7) is 2.01. The molecule has 0 saturated heterocycles. The fraction of sp³-hybridized carbons (Fsp3) is 0.188. The largest absolute Gasteiger partial charge is 0.329 e. The number of benzene rings is 1. The molecule has 0 saturated carbocycles. The van der Waals surface area contributed by atoms with Gasteiger partial charge in [0, 0.05) is 29.2 Å². The Hall–Kier alpha value is -1.77. The lowest BCUT2D eigenvalue weighted by Crippen LogP contribution is -2.12. The number of hydrogen-bond donors (Lipinski definition) is 1. The summed E-state index contributed by atoms with van der Waals surface area (Å²) in [6, 6.07) is 10.8. The molecule has 0 aliphatic rings. The second-order valence-corrected chi connectivity index (χ2v) is 9.19. The first-order valence-corrected chi connectivity index (χ1v) is 10.5. The first kappa shape index (κ1) is 17.1. The molecule has 0 bridgehead atoms. The predicted molar refractivity (Wildman–Crippen MR) is 98.3 cm³/mol. The molecule has 1 aromatic carbocycles. The van der Waals surface area contributed by atoms with E-state index in [0.717, 1.165) is 21.3 Å². The molecule has 0 amide bonds. The van der Waals surface area contributed by atoms with Crippen LogP contribution in [0.2, 0.25) is 0 Å². The summed E-state index contributed by atoms with van der Waals surface area (Å²) in [4.78, 5) is 6.13. The van der Waals surface area contributed by atoms with Crippen LogP contribution in [0.4, 0.5) is 5.69 Å². The third-order valence-corrected chi connectivity index (χ3v) is 7.60. The highest BCUT2D eigenvalue weighted by Gasteiger charge is 2.19. The topological polar surface area (TPSA) is 64.0 Å². The minimum absolute atomic E-state index is 0.330. The van der Waals surface area contributed by atoms with Gasteiger partial charge < -0.3 is 4.57 Å².